The first-order valence-corrected chi connectivity index (χ1v) is 12.6. The molecular formula is C23H31N3O2S2. The lowest BCUT2D eigenvalue weighted by atomic mass is 9.97. The van der Waals surface area contributed by atoms with Gasteiger partial charge in [-0.3, -0.25) is 9.78 Å². The molecule has 0 aromatic carbocycles. The van der Waals surface area contributed by atoms with Crippen LogP contribution in [0.5, 0.6) is 0 Å². The SMILES string of the molecule is O=C(CCC[C@H]1CC[C@@H](O)C1)Cc1sc2c(c1-c1nc3cnccc3s1)CCNC2.[HH].[HH]. The highest BCUT2D eigenvalue weighted by Crippen LogP contribution is 2.42. The second-order valence-electron chi connectivity index (χ2n) is 8.53. The molecule has 1 aliphatic heterocycles. The van der Waals surface area contributed by atoms with Crippen LogP contribution < -0.4 is 5.32 Å². The predicted molar refractivity (Wildman–Crippen MR) is 126 cm³/mol. The number of aliphatic hydroxyl groups excluding tert-OH is 1. The number of aliphatic hydroxyl groups is 1. The molecule has 5 nitrogen and oxygen atoms in total. The number of aromatic nitrogens is 2. The summed E-state index contributed by atoms with van der Waals surface area (Å²) in [7, 11) is 0. The van der Waals surface area contributed by atoms with Crippen molar-refractivity contribution in [2.75, 3.05) is 6.54 Å². The van der Waals surface area contributed by atoms with Gasteiger partial charge in [-0.25, -0.2) is 4.98 Å². The minimum atomic E-state index is -0.122. The number of ketones is 1. The second kappa shape index (κ2) is 8.83. The van der Waals surface area contributed by atoms with Crippen molar-refractivity contribution in [1.29, 1.82) is 0 Å². The second-order valence-corrected chi connectivity index (χ2v) is 10.8. The van der Waals surface area contributed by atoms with Gasteiger partial charge in [0.1, 0.15) is 16.3 Å². The normalized spacial score (nSPS) is 21.2. The predicted octanol–water partition coefficient (Wildman–Crippen LogP) is 5.00. The molecule has 1 aliphatic carbocycles. The third kappa shape index (κ3) is 4.21. The van der Waals surface area contributed by atoms with E-state index in [9.17, 15) is 9.90 Å². The summed E-state index contributed by atoms with van der Waals surface area (Å²) in [6.45, 7) is 1.86. The van der Waals surface area contributed by atoms with Crippen LogP contribution in [-0.4, -0.2) is 33.5 Å². The summed E-state index contributed by atoms with van der Waals surface area (Å²) in [5.41, 5.74) is 3.53. The molecule has 2 aliphatic rings. The molecule has 7 heteroatoms. The standard InChI is InChI=1S/C23H27N3O2S2.2H2/c27-15(3-1-2-14-4-5-16(28)10-14)11-20-22(17-6-8-25-13-21(17)29-20)23-26-18-12-24-9-7-19(18)30-23;;/h7,9,12,14,16,25,28H,1-6,8,10-11,13H2;2*1H/t14-,16+;;/m0../s1. The summed E-state index contributed by atoms with van der Waals surface area (Å²) < 4.78 is 1.14. The van der Waals surface area contributed by atoms with E-state index < -0.39 is 0 Å². The van der Waals surface area contributed by atoms with Gasteiger partial charge in [0.15, 0.2) is 0 Å². The lowest BCUT2D eigenvalue weighted by molar-refractivity contribution is -0.118. The number of nitrogens with one attached hydrogen (secondary N) is 1. The number of hydrogen-bond acceptors (Lipinski definition) is 7. The summed E-state index contributed by atoms with van der Waals surface area (Å²) in [5.74, 6) is 0.920. The molecule has 1 saturated carbocycles. The van der Waals surface area contributed by atoms with Gasteiger partial charge >= 0.3 is 0 Å². The van der Waals surface area contributed by atoms with Crippen molar-refractivity contribution in [3.05, 3.63) is 33.8 Å². The third-order valence-corrected chi connectivity index (χ3v) is 8.63. The minimum Gasteiger partial charge on any atom is -0.393 e. The number of rotatable bonds is 7. The molecule has 0 amide bonds. The molecule has 5 rings (SSSR count). The quantitative estimate of drug-likeness (QED) is 0.535. The maximum atomic E-state index is 12.8. The summed E-state index contributed by atoms with van der Waals surface area (Å²) in [5, 5.41) is 14.2. The van der Waals surface area contributed by atoms with Crippen molar-refractivity contribution in [2.45, 2.75) is 64.0 Å². The Morgan fingerprint density at radius 2 is 2.27 bits per heavy atom. The highest BCUT2D eigenvalue weighted by atomic mass is 32.1. The van der Waals surface area contributed by atoms with Crippen LogP contribution in [0.25, 0.3) is 20.8 Å². The van der Waals surface area contributed by atoms with E-state index >= 15 is 0 Å². The Balaban J connectivity index is 0.00000144. The molecule has 0 bridgehead atoms. The largest absolute Gasteiger partial charge is 0.393 e. The van der Waals surface area contributed by atoms with Gasteiger partial charge in [-0.1, -0.05) is 0 Å². The Kier molecular flexibility index (Phi) is 5.96. The van der Waals surface area contributed by atoms with Gasteiger partial charge < -0.3 is 10.4 Å². The van der Waals surface area contributed by atoms with Crippen molar-refractivity contribution in [3.8, 4) is 10.6 Å². The van der Waals surface area contributed by atoms with Crippen molar-refractivity contribution in [3.63, 3.8) is 0 Å². The van der Waals surface area contributed by atoms with E-state index in [1.54, 1.807) is 22.7 Å². The monoisotopic (exact) mass is 445 g/mol. The van der Waals surface area contributed by atoms with E-state index in [1.807, 2.05) is 18.5 Å². The number of pyridine rings is 1. The summed E-state index contributed by atoms with van der Waals surface area (Å²) in [6, 6.07) is 2.02. The van der Waals surface area contributed by atoms with E-state index in [0.29, 0.717) is 24.5 Å². The summed E-state index contributed by atoms with van der Waals surface area (Å²) >= 11 is 3.49. The molecular weight excluding hydrogens is 414 g/mol. The number of thiophene rings is 1. The molecule has 30 heavy (non-hydrogen) atoms. The van der Waals surface area contributed by atoms with Crippen LogP contribution in [0.2, 0.25) is 0 Å². The average Bonchev–Trinajstić information content (AvgIpc) is 3.43. The van der Waals surface area contributed by atoms with E-state index in [4.69, 9.17) is 4.98 Å². The molecule has 2 N–H and O–H groups in total. The lowest BCUT2D eigenvalue weighted by Crippen LogP contribution is -2.22. The van der Waals surface area contributed by atoms with Crippen molar-refractivity contribution < 1.29 is 12.8 Å². The molecule has 0 spiro atoms. The number of Topliss-reactive ketones (excluding diaryl/α,β-unsaturated/α-hetero) is 1. The molecule has 0 unspecified atom stereocenters. The Bertz CT molecular complexity index is 1040. The van der Waals surface area contributed by atoms with Crippen LogP contribution in [0.1, 0.15) is 56.7 Å². The van der Waals surface area contributed by atoms with Gasteiger partial charge in [-0.2, -0.15) is 0 Å². The topological polar surface area (TPSA) is 75.1 Å². The zero-order chi connectivity index (χ0) is 20.5. The van der Waals surface area contributed by atoms with Crippen LogP contribution in [0, 0.1) is 5.92 Å². The highest BCUT2D eigenvalue weighted by Gasteiger charge is 2.26. The number of nitrogens with zero attached hydrogens (tertiary/aromatic N) is 2. The van der Waals surface area contributed by atoms with Gasteiger partial charge in [0, 0.05) is 43.8 Å². The first-order chi connectivity index (χ1) is 14.7. The Hall–Kier alpha value is -1.67. The van der Waals surface area contributed by atoms with Crippen molar-refractivity contribution >= 4 is 38.7 Å². The highest BCUT2D eigenvalue weighted by molar-refractivity contribution is 7.22. The Labute approximate surface area is 187 Å². The van der Waals surface area contributed by atoms with Gasteiger partial charge in [0.05, 0.1) is 17.0 Å². The van der Waals surface area contributed by atoms with Gasteiger partial charge in [0.2, 0.25) is 0 Å². The van der Waals surface area contributed by atoms with Crippen LogP contribution in [0.3, 0.4) is 0 Å². The van der Waals surface area contributed by atoms with Gasteiger partial charge in [-0.05, 0) is 62.6 Å². The van der Waals surface area contributed by atoms with Crippen molar-refractivity contribution in [2.24, 2.45) is 5.92 Å². The van der Waals surface area contributed by atoms with Gasteiger partial charge in [0.25, 0.3) is 0 Å². The molecule has 3 aromatic heterocycles. The summed E-state index contributed by atoms with van der Waals surface area (Å²) in [6.07, 6.45) is 10.6. The van der Waals surface area contributed by atoms with Crippen LogP contribution in [-0.2, 0) is 24.2 Å². The number of fused-ring (bicyclic) bond motifs is 2. The zero-order valence-corrected chi connectivity index (χ0v) is 18.7. The fraction of sp³-hybridized carbons (Fsp3) is 0.522. The van der Waals surface area contributed by atoms with E-state index in [2.05, 4.69) is 10.3 Å². The van der Waals surface area contributed by atoms with E-state index in [-0.39, 0.29) is 8.96 Å². The zero-order valence-electron chi connectivity index (χ0n) is 17.0. The third-order valence-electron chi connectivity index (χ3n) is 6.34. The number of carbonyl (C=O) groups is 1. The van der Waals surface area contributed by atoms with E-state index in [0.717, 1.165) is 66.8 Å². The Morgan fingerprint density at radius 3 is 3.10 bits per heavy atom. The first kappa shape index (κ1) is 20.2. The first-order valence-electron chi connectivity index (χ1n) is 10.9. The van der Waals surface area contributed by atoms with Crippen LogP contribution in [0.15, 0.2) is 18.5 Å². The van der Waals surface area contributed by atoms with Crippen LogP contribution in [0.4, 0.5) is 0 Å². The number of thiazole rings is 1. The Morgan fingerprint density at radius 1 is 1.33 bits per heavy atom. The number of hydrogen-bond donors (Lipinski definition) is 2. The van der Waals surface area contributed by atoms with Gasteiger partial charge in [-0.15, -0.1) is 22.7 Å². The molecule has 1 fully saturated rings. The fourth-order valence-electron chi connectivity index (χ4n) is 4.82. The van der Waals surface area contributed by atoms with Crippen LogP contribution >= 0.6 is 22.7 Å². The maximum Gasteiger partial charge on any atom is 0.138 e. The number of carbonyl (C=O) groups excluding carboxylic acids is 1. The summed E-state index contributed by atoms with van der Waals surface area (Å²) in [4.78, 5) is 24.4. The molecule has 2 atom stereocenters. The molecule has 0 radical (unpaired) electrons. The smallest absolute Gasteiger partial charge is 0.138 e. The average molecular weight is 446 g/mol. The minimum absolute atomic E-state index is 0. The lowest BCUT2D eigenvalue weighted by Gasteiger charge is -2.13. The molecule has 4 heterocycles. The molecule has 162 valence electrons. The fourth-order valence-corrected chi connectivity index (χ4v) is 7.27. The van der Waals surface area contributed by atoms with E-state index in [1.165, 1.54) is 20.9 Å². The molecule has 3 aromatic rings. The maximum absolute atomic E-state index is 12.8. The van der Waals surface area contributed by atoms with Crippen molar-refractivity contribution in [1.82, 2.24) is 15.3 Å². The molecule has 0 saturated heterocycles.